The lowest BCUT2D eigenvalue weighted by atomic mass is 10.4. The lowest BCUT2D eigenvalue weighted by Crippen LogP contribution is -2.25. The van der Waals surface area contributed by atoms with Crippen LogP contribution < -0.4 is 10.0 Å². The van der Waals surface area contributed by atoms with Gasteiger partial charge >= 0.3 is 0 Å². The normalized spacial score (nSPS) is 11.8. The first-order valence-electron chi connectivity index (χ1n) is 6.30. The smallest absolute Gasteiger partial charge is 0.287 e. The molecule has 0 unspecified atom stereocenters. The summed E-state index contributed by atoms with van der Waals surface area (Å²) >= 11 is 0. The van der Waals surface area contributed by atoms with Crippen LogP contribution in [-0.2, 0) is 14.8 Å². The summed E-state index contributed by atoms with van der Waals surface area (Å²) in [6.45, 7) is 4.85. The van der Waals surface area contributed by atoms with E-state index in [0.29, 0.717) is 19.6 Å². The number of carbonyl (C=O) groups excluding carboxylic acids is 1. The van der Waals surface area contributed by atoms with Crippen LogP contribution in [0.4, 0.5) is 0 Å². The maximum atomic E-state index is 11.7. The summed E-state index contributed by atoms with van der Waals surface area (Å²) < 4.78 is 35.3. The van der Waals surface area contributed by atoms with E-state index in [9.17, 15) is 13.2 Å². The van der Waals surface area contributed by atoms with Crippen molar-refractivity contribution in [1.29, 1.82) is 0 Å². The number of sulfonamides is 1. The Balaban J connectivity index is 2.45. The molecular weight excluding hydrogens is 284 g/mol. The van der Waals surface area contributed by atoms with Crippen LogP contribution in [0.3, 0.4) is 0 Å². The Bertz CT molecular complexity index is 536. The van der Waals surface area contributed by atoms with Crippen LogP contribution in [0.2, 0.25) is 0 Å². The van der Waals surface area contributed by atoms with Gasteiger partial charge in [-0.25, -0.2) is 13.1 Å². The van der Waals surface area contributed by atoms with E-state index in [1.54, 1.807) is 0 Å². The quantitative estimate of drug-likeness (QED) is 0.690. The minimum Gasteiger partial charge on any atom is -0.438 e. The van der Waals surface area contributed by atoms with E-state index in [0.717, 1.165) is 0 Å². The summed E-state index contributed by atoms with van der Waals surface area (Å²) in [5.74, 6) is -0.490. The second-order valence-electron chi connectivity index (χ2n) is 4.36. The molecule has 0 aliphatic carbocycles. The topological polar surface area (TPSA) is 97.6 Å². The zero-order chi connectivity index (χ0) is 15.2. The van der Waals surface area contributed by atoms with Gasteiger partial charge in [0.25, 0.3) is 15.9 Å². The molecule has 7 nitrogen and oxygen atoms in total. The molecule has 2 N–H and O–H groups in total. The number of hydrogen-bond acceptors (Lipinski definition) is 5. The highest BCUT2D eigenvalue weighted by Gasteiger charge is 2.19. The lowest BCUT2D eigenvalue weighted by molar-refractivity contribution is 0.0752. The fourth-order valence-electron chi connectivity index (χ4n) is 1.37. The third-order valence-electron chi connectivity index (χ3n) is 2.40. The molecule has 1 rings (SSSR count). The summed E-state index contributed by atoms with van der Waals surface area (Å²) in [5.41, 5.74) is 0. The Kier molecular flexibility index (Phi) is 6.18. The highest BCUT2D eigenvalue weighted by Crippen LogP contribution is 2.13. The molecule has 0 saturated carbocycles. The average Bonchev–Trinajstić information content (AvgIpc) is 2.88. The number of ether oxygens (including phenoxy) is 1. The molecular formula is C12H20N2O5S. The van der Waals surface area contributed by atoms with E-state index in [-0.39, 0.29) is 17.0 Å². The molecule has 8 heteroatoms. The molecule has 114 valence electrons. The van der Waals surface area contributed by atoms with Crippen molar-refractivity contribution in [2.75, 3.05) is 20.2 Å². The zero-order valence-electron chi connectivity index (χ0n) is 11.8. The Labute approximate surface area is 118 Å². The number of nitrogens with one attached hydrogen (secondary N) is 2. The first-order chi connectivity index (χ1) is 9.36. The van der Waals surface area contributed by atoms with Gasteiger partial charge in [0.15, 0.2) is 5.76 Å². The summed E-state index contributed by atoms with van der Waals surface area (Å²) in [5, 5.41) is 2.34. The van der Waals surface area contributed by atoms with E-state index in [1.165, 1.54) is 19.2 Å². The molecule has 0 fully saturated rings. The van der Waals surface area contributed by atoms with Gasteiger partial charge in [0, 0.05) is 13.2 Å². The molecule has 0 bridgehead atoms. The van der Waals surface area contributed by atoms with Gasteiger partial charge < -0.3 is 14.5 Å². The number of carbonyl (C=O) groups is 1. The highest BCUT2D eigenvalue weighted by atomic mass is 32.2. The molecule has 0 saturated heterocycles. The second kappa shape index (κ2) is 7.41. The van der Waals surface area contributed by atoms with Crippen molar-refractivity contribution in [3.8, 4) is 0 Å². The summed E-state index contributed by atoms with van der Waals surface area (Å²) in [6.07, 6.45) is 0.830. The van der Waals surface area contributed by atoms with Crippen LogP contribution in [0.25, 0.3) is 0 Å². The van der Waals surface area contributed by atoms with Crippen LogP contribution in [0, 0.1) is 0 Å². The van der Waals surface area contributed by atoms with E-state index < -0.39 is 15.9 Å². The van der Waals surface area contributed by atoms with Crippen molar-refractivity contribution in [3.05, 3.63) is 17.9 Å². The molecule has 0 aliphatic rings. The second-order valence-corrected chi connectivity index (χ2v) is 6.17. The third-order valence-corrected chi connectivity index (χ3v) is 3.68. The molecule has 20 heavy (non-hydrogen) atoms. The van der Waals surface area contributed by atoms with Crippen LogP contribution in [-0.4, -0.2) is 40.6 Å². The predicted molar refractivity (Wildman–Crippen MR) is 73.0 cm³/mol. The molecule has 0 aliphatic heterocycles. The molecule has 0 aromatic carbocycles. The lowest BCUT2D eigenvalue weighted by Gasteiger charge is -2.07. The predicted octanol–water partition coefficient (Wildman–Crippen LogP) is 0.733. The van der Waals surface area contributed by atoms with Gasteiger partial charge in [0.2, 0.25) is 5.09 Å². The van der Waals surface area contributed by atoms with E-state index >= 15 is 0 Å². The van der Waals surface area contributed by atoms with Gasteiger partial charge in [0.1, 0.15) is 0 Å². The zero-order valence-corrected chi connectivity index (χ0v) is 12.6. The summed E-state index contributed by atoms with van der Waals surface area (Å²) in [6, 6.07) is 2.56. The number of furan rings is 1. The van der Waals surface area contributed by atoms with Gasteiger partial charge in [-0.2, -0.15) is 0 Å². The van der Waals surface area contributed by atoms with Crippen molar-refractivity contribution in [2.24, 2.45) is 0 Å². The van der Waals surface area contributed by atoms with Crippen LogP contribution in [0.1, 0.15) is 30.8 Å². The van der Waals surface area contributed by atoms with Crippen LogP contribution >= 0.6 is 0 Å². The fourth-order valence-corrected chi connectivity index (χ4v) is 2.02. The summed E-state index contributed by atoms with van der Waals surface area (Å²) in [7, 11) is -2.40. The Morgan fingerprint density at radius 2 is 2.10 bits per heavy atom. The number of amides is 1. The Morgan fingerprint density at radius 3 is 2.70 bits per heavy atom. The monoisotopic (exact) mass is 304 g/mol. The average molecular weight is 304 g/mol. The van der Waals surface area contributed by atoms with Crippen molar-refractivity contribution in [1.82, 2.24) is 10.0 Å². The third kappa shape index (κ3) is 4.95. The molecule has 0 atom stereocenters. The van der Waals surface area contributed by atoms with Crippen LogP contribution in [0.5, 0.6) is 0 Å². The Morgan fingerprint density at radius 1 is 1.40 bits per heavy atom. The van der Waals surface area contributed by atoms with Crippen molar-refractivity contribution in [3.63, 3.8) is 0 Å². The fraction of sp³-hybridized carbons (Fsp3) is 0.583. The van der Waals surface area contributed by atoms with Crippen LogP contribution in [0.15, 0.2) is 21.6 Å². The van der Waals surface area contributed by atoms with Gasteiger partial charge in [-0.1, -0.05) is 0 Å². The maximum Gasteiger partial charge on any atom is 0.287 e. The first kappa shape index (κ1) is 16.7. The van der Waals surface area contributed by atoms with Gasteiger partial charge in [0.05, 0.1) is 6.10 Å². The van der Waals surface area contributed by atoms with E-state index in [1.807, 2.05) is 13.8 Å². The van der Waals surface area contributed by atoms with Gasteiger partial charge in [-0.05, 0) is 39.4 Å². The molecule has 0 spiro atoms. The molecule has 1 amide bonds. The van der Waals surface area contributed by atoms with Crippen molar-refractivity contribution < 1.29 is 22.4 Å². The standard InChI is InChI=1S/C12H20N2O5S/c1-9(2)18-8-4-7-14-12(15)10-5-6-11(19-10)20(16,17)13-3/h5-6,9,13H,4,7-8H2,1-3H3,(H,14,15). The maximum absolute atomic E-state index is 11.7. The SMILES string of the molecule is CNS(=O)(=O)c1ccc(C(=O)NCCCOC(C)C)o1. The minimum atomic E-state index is -3.67. The van der Waals surface area contributed by atoms with Crippen molar-refractivity contribution >= 4 is 15.9 Å². The van der Waals surface area contributed by atoms with E-state index in [2.05, 4.69) is 10.0 Å². The minimum absolute atomic E-state index is 0.0383. The molecule has 0 radical (unpaired) electrons. The van der Waals surface area contributed by atoms with Gasteiger partial charge in [-0.3, -0.25) is 4.79 Å². The van der Waals surface area contributed by atoms with E-state index in [4.69, 9.17) is 9.15 Å². The molecule has 1 heterocycles. The Hall–Kier alpha value is -1.38. The molecule has 1 aromatic heterocycles. The van der Waals surface area contributed by atoms with Crippen molar-refractivity contribution in [2.45, 2.75) is 31.5 Å². The van der Waals surface area contributed by atoms with Gasteiger partial charge in [-0.15, -0.1) is 0 Å². The highest BCUT2D eigenvalue weighted by molar-refractivity contribution is 7.89. The largest absolute Gasteiger partial charge is 0.438 e. The number of hydrogen-bond donors (Lipinski definition) is 2. The summed E-state index contributed by atoms with van der Waals surface area (Å²) in [4.78, 5) is 11.7. The number of rotatable bonds is 8. The first-order valence-corrected chi connectivity index (χ1v) is 7.78. The molecule has 1 aromatic rings.